The van der Waals surface area contributed by atoms with E-state index >= 15 is 0 Å². The van der Waals surface area contributed by atoms with Crippen molar-refractivity contribution >= 4 is 17.9 Å². The minimum Gasteiger partial charge on any atom is -0.481 e. The van der Waals surface area contributed by atoms with Crippen LogP contribution in [0.15, 0.2) is 0 Å². The van der Waals surface area contributed by atoms with E-state index in [0.29, 0.717) is 25.8 Å². The zero-order valence-corrected chi connectivity index (χ0v) is 15.8. The van der Waals surface area contributed by atoms with Crippen molar-refractivity contribution < 1.29 is 19.5 Å². The predicted molar refractivity (Wildman–Crippen MR) is 98.8 cm³/mol. The highest BCUT2D eigenvalue weighted by Gasteiger charge is 2.41. The van der Waals surface area contributed by atoms with Crippen molar-refractivity contribution in [3.8, 4) is 0 Å². The molecule has 26 heavy (non-hydrogen) atoms. The van der Waals surface area contributed by atoms with E-state index in [-0.39, 0.29) is 24.4 Å². The predicted octanol–water partition coefficient (Wildman–Crippen LogP) is 2.55. The molecule has 2 saturated carbocycles. The lowest BCUT2D eigenvalue weighted by Gasteiger charge is -2.39. The smallest absolute Gasteiger partial charge is 0.315 e. The molecule has 4 N–H and O–H groups in total. The summed E-state index contributed by atoms with van der Waals surface area (Å²) in [5, 5.41) is 18.1. The number of nitrogens with one attached hydrogen (secondary N) is 3. The van der Waals surface area contributed by atoms with Crippen molar-refractivity contribution in [3.63, 3.8) is 0 Å². The number of rotatable bonds is 7. The molecule has 0 aromatic rings. The Morgan fingerprint density at radius 1 is 1.04 bits per heavy atom. The van der Waals surface area contributed by atoms with Crippen LogP contribution in [0.1, 0.15) is 77.6 Å². The molecule has 2 aliphatic rings. The Hall–Kier alpha value is -1.79. The van der Waals surface area contributed by atoms with Crippen LogP contribution in [-0.2, 0) is 9.59 Å². The van der Waals surface area contributed by atoms with Gasteiger partial charge >= 0.3 is 12.0 Å². The van der Waals surface area contributed by atoms with Gasteiger partial charge in [-0.3, -0.25) is 9.59 Å². The van der Waals surface area contributed by atoms with Crippen molar-refractivity contribution in [3.05, 3.63) is 0 Å². The van der Waals surface area contributed by atoms with Gasteiger partial charge < -0.3 is 21.1 Å². The Morgan fingerprint density at radius 3 is 2.42 bits per heavy atom. The van der Waals surface area contributed by atoms with Crippen LogP contribution >= 0.6 is 0 Å². The third-order valence-electron chi connectivity index (χ3n) is 5.74. The summed E-state index contributed by atoms with van der Waals surface area (Å²) < 4.78 is 0. The molecular weight excluding hydrogens is 334 g/mol. The molecule has 2 fully saturated rings. The summed E-state index contributed by atoms with van der Waals surface area (Å²) >= 11 is 0. The van der Waals surface area contributed by atoms with E-state index in [4.69, 9.17) is 0 Å². The largest absolute Gasteiger partial charge is 0.481 e. The third-order valence-corrected chi connectivity index (χ3v) is 5.74. The normalized spacial score (nSPS) is 26.7. The highest BCUT2D eigenvalue weighted by Crippen LogP contribution is 2.33. The lowest BCUT2D eigenvalue weighted by atomic mass is 9.74. The first kappa shape index (κ1) is 20.5. The van der Waals surface area contributed by atoms with Crippen molar-refractivity contribution in [1.29, 1.82) is 0 Å². The molecule has 7 nitrogen and oxygen atoms in total. The fourth-order valence-electron chi connectivity index (χ4n) is 4.19. The minimum atomic E-state index is -0.839. The van der Waals surface area contributed by atoms with Crippen molar-refractivity contribution in [2.24, 2.45) is 5.92 Å². The molecule has 3 amide bonds. The van der Waals surface area contributed by atoms with Crippen molar-refractivity contribution in [2.75, 3.05) is 6.54 Å². The van der Waals surface area contributed by atoms with E-state index < -0.39 is 17.4 Å². The molecule has 2 atom stereocenters. The maximum atomic E-state index is 12.2. The van der Waals surface area contributed by atoms with E-state index in [1.165, 1.54) is 19.3 Å². The zero-order valence-electron chi connectivity index (χ0n) is 15.8. The van der Waals surface area contributed by atoms with Gasteiger partial charge in [0.15, 0.2) is 0 Å². The number of hydrogen-bond donors (Lipinski definition) is 4. The molecule has 7 heteroatoms. The number of hydrogen-bond acceptors (Lipinski definition) is 3. The van der Waals surface area contributed by atoms with E-state index in [0.717, 1.165) is 25.7 Å². The average molecular weight is 367 g/mol. The summed E-state index contributed by atoms with van der Waals surface area (Å²) in [4.78, 5) is 35.5. The van der Waals surface area contributed by atoms with Gasteiger partial charge in [-0.1, -0.05) is 32.1 Å². The quantitative estimate of drug-likeness (QED) is 0.519. The third kappa shape index (κ3) is 6.18. The topological polar surface area (TPSA) is 108 Å². The van der Waals surface area contributed by atoms with Gasteiger partial charge in [-0.05, 0) is 39.0 Å². The second-order valence-corrected chi connectivity index (χ2v) is 7.94. The van der Waals surface area contributed by atoms with Gasteiger partial charge in [-0.25, -0.2) is 4.79 Å². The van der Waals surface area contributed by atoms with Crippen molar-refractivity contribution in [1.82, 2.24) is 16.0 Å². The van der Waals surface area contributed by atoms with E-state index in [9.17, 15) is 19.5 Å². The number of carboxylic acids is 1. The van der Waals surface area contributed by atoms with Crippen LogP contribution in [0, 0.1) is 5.92 Å². The first-order valence-corrected chi connectivity index (χ1v) is 9.99. The van der Waals surface area contributed by atoms with Crippen LogP contribution in [0.5, 0.6) is 0 Å². The van der Waals surface area contributed by atoms with Crippen LogP contribution in [-0.4, -0.2) is 41.1 Å². The number of carboxylic acid groups (broad SMARTS) is 1. The molecule has 0 aromatic heterocycles. The van der Waals surface area contributed by atoms with Crippen molar-refractivity contribution in [2.45, 2.75) is 89.1 Å². The number of urea groups is 1. The van der Waals surface area contributed by atoms with E-state index in [2.05, 4.69) is 16.0 Å². The van der Waals surface area contributed by atoms with Gasteiger partial charge in [-0.15, -0.1) is 0 Å². The Morgan fingerprint density at radius 2 is 1.73 bits per heavy atom. The van der Waals surface area contributed by atoms with Crippen LogP contribution in [0.25, 0.3) is 0 Å². The summed E-state index contributed by atoms with van der Waals surface area (Å²) in [6.45, 7) is 2.27. The maximum absolute atomic E-state index is 12.2. The standard InChI is InChI=1S/C19H33N3O4/c1-19(12-6-5-10-15(19)17(24)25)22-16(23)11-7-13-20-18(26)21-14-8-3-2-4-9-14/h14-15H,2-13H2,1H3,(H,22,23)(H,24,25)(H2,20,21,26). The van der Waals surface area contributed by atoms with Gasteiger partial charge in [0.1, 0.15) is 0 Å². The first-order valence-electron chi connectivity index (χ1n) is 9.99. The number of carbonyl (C=O) groups excluding carboxylic acids is 2. The maximum Gasteiger partial charge on any atom is 0.315 e. The summed E-state index contributed by atoms with van der Waals surface area (Å²) in [7, 11) is 0. The molecule has 2 rings (SSSR count). The molecule has 0 bridgehead atoms. The fraction of sp³-hybridized carbons (Fsp3) is 0.842. The summed E-state index contributed by atoms with van der Waals surface area (Å²) in [6, 6.07) is 0.105. The molecule has 0 saturated heterocycles. The van der Waals surface area contributed by atoms with Crippen LogP contribution in [0.2, 0.25) is 0 Å². The summed E-state index contributed by atoms with van der Waals surface area (Å²) in [5.74, 6) is -1.51. The van der Waals surface area contributed by atoms with Crippen LogP contribution < -0.4 is 16.0 Å². The summed E-state index contributed by atoms with van der Waals surface area (Å²) in [5.41, 5.74) is -0.674. The molecule has 2 unspecified atom stereocenters. The van der Waals surface area contributed by atoms with Crippen LogP contribution in [0.3, 0.4) is 0 Å². The molecule has 0 spiro atoms. The molecule has 2 aliphatic carbocycles. The van der Waals surface area contributed by atoms with Gasteiger partial charge in [0, 0.05) is 19.0 Å². The van der Waals surface area contributed by atoms with Crippen LogP contribution in [0.4, 0.5) is 4.79 Å². The molecule has 0 radical (unpaired) electrons. The summed E-state index contributed by atoms with van der Waals surface area (Å²) in [6.07, 6.45) is 9.61. The monoisotopic (exact) mass is 367 g/mol. The number of amides is 3. The molecule has 0 heterocycles. The van der Waals surface area contributed by atoms with Gasteiger partial charge in [-0.2, -0.15) is 0 Å². The Balaban J connectivity index is 1.65. The Kier molecular flexibility index (Phi) is 7.72. The Labute approximate surface area is 155 Å². The lowest BCUT2D eigenvalue weighted by Crippen LogP contribution is -2.55. The second-order valence-electron chi connectivity index (χ2n) is 7.94. The average Bonchev–Trinajstić information content (AvgIpc) is 2.59. The minimum absolute atomic E-state index is 0.143. The van der Waals surface area contributed by atoms with Gasteiger partial charge in [0.2, 0.25) is 5.91 Å². The number of carbonyl (C=O) groups is 3. The molecule has 0 aromatic carbocycles. The molecule has 0 aliphatic heterocycles. The van der Waals surface area contributed by atoms with Gasteiger partial charge in [0.25, 0.3) is 0 Å². The van der Waals surface area contributed by atoms with E-state index in [1.54, 1.807) is 0 Å². The highest BCUT2D eigenvalue weighted by molar-refractivity contribution is 5.79. The highest BCUT2D eigenvalue weighted by atomic mass is 16.4. The van der Waals surface area contributed by atoms with Gasteiger partial charge in [0.05, 0.1) is 11.5 Å². The second kappa shape index (κ2) is 9.78. The lowest BCUT2D eigenvalue weighted by molar-refractivity contribution is -0.146. The molecule has 148 valence electrons. The fourth-order valence-corrected chi connectivity index (χ4v) is 4.19. The Bertz CT molecular complexity index is 505. The number of aliphatic carboxylic acids is 1. The molecular formula is C19H33N3O4. The zero-order chi connectivity index (χ0) is 19.0. The SMILES string of the molecule is CC1(NC(=O)CCCNC(=O)NC2CCCCC2)CCCCC1C(=O)O. The first-order chi connectivity index (χ1) is 12.4. The van der Waals surface area contributed by atoms with E-state index in [1.807, 2.05) is 6.92 Å².